The van der Waals surface area contributed by atoms with Gasteiger partial charge in [0.1, 0.15) is 0 Å². The Morgan fingerprint density at radius 3 is 2.67 bits per heavy atom. The molecule has 0 spiro atoms. The molecule has 0 aromatic carbocycles. The maximum absolute atomic E-state index is 11.0. The predicted octanol–water partition coefficient (Wildman–Crippen LogP) is 2.31. The van der Waals surface area contributed by atoms with Gasteiger partial charge in [0.05, 0.1) is 0 Å². The molecule has 2 heterocycles. The number of pyridine rings is 1. The van der Waals surface area contributed by atoms with Crippen molar-refractivity contribution in [2.45, 2.75) is 18.8 Å². The van der Waals surface area contributed by atoms with Crippen molar-refractivity contribution in [3.05, 3.63) is 30.1 Å². The highest BCUT2D eigenvalue weighted by molar-refractivity contribution is 7.96. The lowest BCUT2D eigenvalue weighted by molar-refractivity contribution is 0.205. The van der Waals surface area contributed by atoms with Gasteiger partial charge in [0.15, 0.2) is 0 Å². The number of amides is 1. The maximum Gasteiger partial charge on any atom is 0.278 e. The lowest BCUT2D eigenvalue weighted by Crippen LogP contribution is -2.34. The van der Waals surface area contributed by atoms with Crippen molar-refractivity contribution < 1.29 is 4.79 Å². The van der Waals surface area contributed by atoms with Crippen LogP contribution < -0.4 is 0 Å². The Kier molecular flexibility index (Phi) is 3.26. The standard InChI is InChI=1S/C11H14N2OS/c14-11(15)13-7-4-9(5-8-13)10-3-1-2-6-12-10/h1-3,6,9H,4-5,7-8H2,(H,14,15). The predicted molar refractivity (Wildman–Crippen MR) is 62.2 cm³/mol. The number of carbonyl (C=O) groups excluding carboxylic acids is 1. The molecule has 1 fully saturated rings. The Balaban J connectivity index is 1.97. The Morgan fingerprint density at radius 2 is 2.13 bits per heavy atom. The minimum absolute atomic E-state index is 0.116. The Bertz CT molecular complexity index is 334. The normalized spacial score (nSPS) is 17.8. The van der Waals surface area contributed by atoms with Crippen molar-refractivity contribution in [3.8, 4) is 0 Å². The van der Waals surface area contributed by atoms with Crippen LogP contribution in [0, 0.1) is 0 Å². The van der Waals surface area contributed by atoms with E-state index in [-0.39, 0.29) is 5.24 Å². The highest BCUT2D eigenvalue weighted by atomic mass is 32.1. The first-order chi connectivity index (χ1) is 7.27. The molecule has 2 rings (SSSR count). The second-order valence-corrected chi connectivity index (χ2v) is 4.18. The van der Waals surface area contributed by atoms with Gasteiger partial charge < -0.3 is 4.90 Å². The van der Waals surface area contributed by atoms with E-state index >= 15 is 0 Å². The number of nitrogens with zero attached hydrogens (tertiary/aromatic N) is 2. The van der Waals surface area contributed by atoms with Crippen molar-refractivity contribution in [2.24, 2.45) is 0 Å². The fourth-order valence-corrected chi connectivity index (χ4v) is 2.18. The van der Waals surface area contributed by atoms with Crippen LogP contribution in [0.5, 0.6) is 0 Å². The third-order valence-electron chi connectivity index (χ3n) is 2.87. The molecular weight excluding hydrogens is 208 g/mol. The first-order valence-corrected chi connectivity index (χ1v) is 5.61. The van der Waals surface area contributed by atoms with E-state index in [1.165, 1.54) is 0 Å². The van der Waals surface area contributed by atoms with E-state index in [0.717, 1.165) is 31.6 Å². The summed E-state index contributed by atoms with van der Waals surface area (Å²) in [5.41, 5.74) is 1.14. The second kappa shape index (κ2) is 4.66. The molecule has 15 heavy (non-hydrogen) atoms. The number of likely N-dealkylation sites (tertiary alicyclic amines) is 1. The highest BCUT2D eigenvalue weighted by Gasteiger charge is 2.22. The van der Waals surface area contributed by atoms with Crippen LogP contribution in [-0.2, 0) is 0 Å². The number of piperidine rings is 1. The molecule has 1 saturated heterocycles. The summed E-state index contributed by atoms with van der Waals surface area (Å²) in [5, 5.41) is -0.116. The van der Waals surface area contributed by atoms with Crippen LogP contribution in [0.3, 0.4) is 0 Å². The summed E-state index contributed by atoms with van der Waals surface area (Å²) in [6.07, 6.45) is 3.80. The van der Waals surface area contributed by atoms with Crippen LogP contribution in [-0.4, -0.2) is 28.2 Å². The van der Waals surface area contributed by atoms with Gasteiger partial charge in [0, 0.05) is 30.9 Å². The molecule has 3 nitrogen and oxygen atoms in total. The van der Waals surface area contributed by atoms with Gasteiger partial charge in [-0.3, -0.25) is 9.78 Å². The van der Waals surface area contributed by atoms with Gasteiger partial charge in [-0.15, -0.1) is 0 Å². The summed E-state index contributed by atoms with van der Waals surface area (Å²) in [4.78, 5) is 17.1. The minimum Gasteiger partial charge on any atom is -0.334 e. The SMILES string of the molecule is O=C(S)N1CCC(c2ccccn2)CC1. The monoisotopic (exact) mass is 222 g/mol. The van der Waals surface area contributed by atoms with Crippen molar-refractivity contribution in [1.82, 2.24) is 9.88 Å². The molecule has 0 N–H and O–H groups in total. The highest BCUT2D eigenvalue weighted by Crippen LogP contribution is 2.26. The van der Waals surface area contributed by atoms with Gasteiger partial charge in [0.25, 0.3) is 5.24 Å². The number of aromatic nitrogens is 1. The summed E-state index contributed by atoms with van der Waals surface area (Å²) in [6, 6.07) is 6.00. The number of hydrogen-bond acceptors (Lipinski definition) is 2. The lowest BCUT2D eigenvalue weighted by atomic mass is 9.93. The molecule has 1 aromatic rings. The molecule has 1 aromatic heterocycles. The minimum atomic E-state index is -0.116. The lowest BCUT2D eigenvalue weighted by Gasteiger charge is -2.30. The molecule has 80 valence electrons. The third-order valence-corrected chi connectivity index (χ3v) is 3.15. The third kappa shape index (κ3) is 2.50. The molecule has 0 radical (unpaired) electrons. The smallest absolute Gasteiger partial charge is 0.278 e. The van der Waals surface area contributed by atoms with E-state index in [9.17, 15) is 4.79 Å². The van der Waals surface area contributed by atoms with Crippen LogP contribution in [0.1, 0.15) is 24.5 Å². The number of hydrogen-bond donors (Lipinski definition) is 1. The molecule has 1 aliphatic heterocycles. The molecule has 1 amide bonds. The van der Waals surface area contributed by atoms with Crippen LogP contribution >= 0.6 is 12.6 Å². The Labute approximate surface area is 94.9 Å². The quantitative estimate of drug-likeness (QED) is 0.740. The van der Waals surface area contributed by atoms with Gasteiger partial charge in [-0.25, -0.2) is 0 Å². The number of thiol groups is 1. The summed E-state index contributed by atoms with van der Waals surface area (Å²) >= 11 is 3.83. The van der Waals surface area contributed by atoms with E-state index in [1.807, 2.05) is 18.3 Å². The molecule has 0 unspecified atom stereocenters. The van der Waals surface area contributed by atoms with Gasteiger partial charge in [0.2, 0.25) is 0 Å². The molecular formula is C11H14N2OS. The van der Waals surface area contributed by atoms with E-state index < -0.39 is 0 Å². The topological polar surface area (TPSA) is 33.2 Å². The fourth-order valence-electron chi connectivity index (χ4n) is 1.98. The van der Waals surface area contributed by atoms with Crippen LogP contribution in [0.15, 0.2) is 24.4 Å². The summed E-state index contributed by atoms with van der Waals surface area (Å²) in [6.45, 7) is 1.59. The zero-order valence-electron chi connectivity index (χ0n) is 8.47. The largest absolute Gasteiger partial charge is 0.334 e. The van der Waals surface area contributed by atoms with Crippen molar-refractivity contribution in [2.75, 3.05) is 13.1 Å². The Morgan fingerprint density at radius 1 is 1.40 bits per heavy atom. The molecule has 1 aliphatic rings. The Hall–Kier alpha value is -1.03. The van der Waals surface area contributed by atoms with Gasteiger partial charge in [-0.1, -0.05) is 18.7 Å². The van der Waals surface area contributed by atoms with Gasteiger partial charge in [-0.2, -0.15) is 0 Å². The van der Waals surface area contributed by atoms with Crippen molar-refractivity contribution >= 4 is 17.9 Å². The van der Waals surface area contributed by atoms with Crippen molar-refractivity contribution in [1.29, 1.82) is 0 Å². The number of carbonyl (C=O) groups is 1. The zero-order valence-corrected chi connectivity index (χ0v) is 9.36. The average molecular weight is 222 g/mol. The van der Waals surface area contributed by atoms with E-state index in [4.69, 9.17) is 0 Å². The molecule has 0 saturated carbocycles. The first-order valence-electron chi connectivity index (χ1n) is 5.16. The van der Waals surface area contributed by atoms with Gasteiger partial charge in [-0.05, 0) is 25.0 Å². The van der Waals surface area contributed by atoms with Gasteiger partial charge >= 0.3 is 0 Å². The molecule has 0 atom stereocenters. The molecule has 0 bridgehead atoms. The van der Waals surface area contributed by atoms with E-state index in [0.29, 0.717) is 5.92 Å². The van der Waals surface area contributed by atoms with Crippen LogP contribution in [0.25, 0.3) is 0 Å². The summed E-state index contributed by atoms with van der Waals surface area (Å²) in [7, 11) is 0. The van der Waals surface area contributed by atoms with Crippen LogP contribution in [0.2, 0.25) is 0 Å². The first kappa shape index (κ1) is 10.5. The molecule has 4 heteroatoms. The summed E-state index contributed by atoms with van der Waals surface area (Å²) in [5.74, 6) is 0.495. The number of rotatable bonds is 1. The average Bonchev–Trinajstić information content (AvgIpc) is 2.30. The fraction of sp³-hybridized carbons (Fsp3) is 0.455. The van der Waals surface area contributed by atoms with E-state index in [2.05, 4.69) is 23.7 Å². The molecule has 0 aliphatic carbocycles. The van der Waals surface area contributed by atoms with E-state index in [1.54, 1.807) is 4.90 Å². The maximum atomic E-state index is 11.0. The zero-order chi connectivity index (χ0) is 10.7. The second-order valence-electron chi connectivity index (χ2n) is 3.80. The van der Waals surface area contributed by atoms with Crippen LogP contribution in [0.4, 0.5) is 4.79 Å². The van der Waals surface area contributed by atoms with Crippen molar-refractivity contribution in [3.63, 3.8) is 0 Å². The summed E-state index contributed by atoms with van der Waals surface area (Å²) < 4.78 is 0.